The highest BCUT2D eigenvalue weighted by Gasteiger charge is 2.29. The number of morpholine rings is 1. The number of piperidine rings is 1. The van der Waals surface area contributed by atoms with Crippen LogP contribution < -0.4 is 10.6 Å². The van der Waals surface area contributed by atoms with Crippen LogP contribution in [0.25, 0.3) is 0 Å². The van der Waals surface area contributed by atoms with Gasteiger partial charge in [-0.3, -0.25) is 9.69 Å². The summed E-state index contributed by atoms with van der Waals surface area (Å²) in [6.07, 6.45) is 2.11. The molecule has 0 bridgehead atoms. The van der Waals surface area contributed by atoms with Gasteiger partial charge in [0, 0.05) is 31.7 Å². The number of carbonyl (C=O) groups is 1. The molecule has 0 saturated carbocycles. The van der Waals surface area contributed by atoms with Crippen LogP contribution in [0.1, 0.15) is 26.7 Å². The number of halogens is 2. The monoisotopic (exact) mass is 341 g/mol. The Bertz CT molecular complexity index is 305. The molecular weight excluding hydrogens is 313 g/mol. The average molecular weight is 342 g/mol. The highest BCUT2D eigenvalue weighted by molar-refractivity contribution is 5.85. The molecule has 2 aliphatic heterocycles. The molecule has 2 heterocycles. The van der Waals surface area contributed by atoms with Crippen LogP contribution in [0.2, 0.25) is 0 Å². The summed E-state index contributed by atoms with van der Waals surface area (Å²) in [5, 5.41) is 6.42. The van der Waals surface area contributed by atoms with Crippen molar-refractivity contribution in [3.63, 3.8) is 0 Å². The van der Waals surface area contributed by atoms with Gasteiger partial charge < -0.3 is 15.4 Å². The van der Waals surface area contributed by atoms with Gasteiger partial charge in [0.05, 0.1) is 19.1 Å². The van der Waals surface area contributed by atoms with Crippen molar-refractivity contribution < 1.29 is 9.53 Å². The van der Waals surface area contributed by atoms with Crippen molar-refractivity contribution >= 4 is 30.7 Å². The number of nitrogens with zero attached hydrogens (tertiary/aromatic N) is 1. The van der Waals surface area contributed by atoms with Gasteiger partial charge in [-0.1, -0.05) is 0 Å². The number of rotatable bonds is 4. The number of carbonyl (C=O) groups excluding carboxylic acids is 1. The molecule has 2 rings (SSSR count). The standard InChI is InChI=1S/C14H27N3O2.2ClH/c1-14(2,17-6-8-19-9-7-17)11-16-13(18)12-4-3-5-15-10-12;;/h12,15H,3-11H2,1-2H3,(H,16,18);2*1H. The Morgan fingerprint density at radius 2 is 2.00 bits per heavy atom. The van der Waals surface area contributed by atoms with Gasteiger partial charge in [0.1, 0.15) is 0 Å². The normalized spacial score (nSPS) is 23.6. The molecule has 21 heavy (non-hydrogen) atoms. The number of ether oxygens (including phenoxy) is 1. The van der Waals surface area contributed by atoms with Crippen molar-refractivity contribution in [1.82, 2.24) is 15.5 Å². The first kappa shape index (κ1) is 20.9. The van der Waals surface area contributed by atoms with Crippen LogP contribution in [0.5, 0.6) is 0 Å². The molecule has 5 nitrogen and oxygen atoms in total. The van der Waals surface area contributed by atoms with E-state index in [9.17, 15) is 4.79 Å². The van der Waals surface area contributed by atoms with Crippen molar-refractivity contribution in [2.24, 2.45) is 5.92 Å². The number of nitrogens with one attached hydrogen (secondary N) is 2. The van der Waals surface area contributed by atoms with Gasteiger partial charge in [-0.25, -0.2) is 0 Å². The maximum absolute atomic E-state index is 12.1. The van der Waals surface area contributed by atoms with Gasteiger partial charge in [0.25, 0.3) is 0 Å². The molecule has 1 atom stereocenters. The third-order valence-electron chi connectivity index (χ3n) is 4.23. The summed E-state index contributed by atoms with van der Waals surface area (Å²) in [6, 6.07) is 0. The predicted molar refractivity (Wildman–Crippen MR) is 89.6 cm³/mol. The molecule has 126 valence electrons. The summed E-state index contributed by atoms with van der Waals surface area (Å²) in [6.45, 7) is 10.5. The Balaban J connectivity index is 0.00000200. The van der Waals surface area contributed by atoms with Crippen LogP contribution in [0.3, 0.4) is 0 Å². The molecule has 2 aliphatic rings. The summed E-state index contributed by atoms with van der Waals surface area (Å²) in [5.41, 5.74) is 0.00152. The van der Waals surface area contributed by atoms with Crippen molar-refractivity contribution in [2.45, 2.75) is 32.2 Å². The molecule has 7 heteroatoms. The maximum atomic E-state index is 12.1. The number of amides is 1. The van der Waals surface area contributed by atoms with Gasteiger partial charge in [-0.15, -0.1) is 24.8 Å². The van der Waals surface area contributed by atoms with Crippen LogP contribution in [0.15, 0.2) is 0 Å². The fourth-order valence-electron chi connectivity index (χ4n) is 2.80. The zero-order chi connectivity index (χ0) is 13.7. The summed E-state index contributed by atoms with van der Waals surface area (Å²) in [5.74, 6) is 0.350. The second kappa shape index (κ2) is 9.85. The lowest BCUT2D eigenvalue weighted by Crippen LogP contribution is -2.56. The van der Waals surface area contributed by atoms with Crippen LogP contribution >= 0.6 is 24.8 Å². The lowest BCUT2D eigenvalue weighted by atomic mass is 9.97. The molecule has 0 aromatic heterocycles. The first-order valence-electron chi connectivity index (χ1n) is 7.41. The van der Waals surface area contributed by atoms with Crippen LogP contribution in [-0.4, -0.2) is 62.3 Å². The smallest absolute Gasteiger partial charge is 0.224 e. The van der Waals surface area contributed by atoms with E-state index in [-0.39, 0.29) is 42.2 Å². The average Bonchev–Trinajstić information content (AvgIpc) is 2.47. The molecule has 0 aromatic rings. The Kier molecular flexibility index (Phi) is 9.81. The van der Waals surface area contributed by atoms with E-state index < -0.39 is 0 Å². The Morgan fingerprint density at radius 3 is 2.57 bits per heavy atom. The van der Waals surface area contributed by atoms with Gasteiger partial charge in [-0.2, -0.15) is 0 Å². The fourth-order valence-corrected chi connectivity index (χ4v) is 2.80. The van der Waals surface area contributed by atoms with E-state index in [0.29, 0.717) is 6.54 Å². The van der Waals surface area contributed by atoms with Crippen molar-refractivity contribution in [2.75, 3.05) is 45.9 Å². The molecule has 2 fully saturated rings. The van der Waals surface area contributed by atoms with Crippen LogP contribution in [0.4, 0.5) is 0 Å². The molecular formula is C14H29Cl2N3O2. The summed E-state index contributed by atoms with van der Waals surface area (Å²) in [7, 11) is 0. The fraction of sp³-hybridized carbons (Fsp3) is 0.929. The van der Waals surface area contributed by atoms with Gasteiger partial charge in [0.15, 0.2) is 0 Å². The highest BCUT2D eigenvalue weighted by atomic mass is 35.5. The topological polar surface area (TPSA) is 53.6 Å². The zero-order valence-electron chi connectivity index (χ0n) is 13.0. The van der Waals surface area contributed by atoms with E-state index in [1.807, 2.05) is 0 Å². The summed E-state index contributed by atoms with van der Waals surface area (Å²) >= 11 is 0. The minimum atomic E-state index is 0. The van der Waals surface area contributed by atoms with Gasteiger partial charge in [0.2, 0.25) is 5.91 Å². The Labute approximate surface area is 140 Å². The van der Waals surface area contributed by atoms with E-state index in [1.54, 1.807) is 0 Å². The number of hydrogen-bond donors (Lipinski definition) is 2. The van der Waals surface area contributed by atoms with Crippen molar-refractivity contribution in [1.29, 1.82) is 0 Å². The molecule has 0 aliphatic carbocycles. The van der Waals surface area contributed by atoms with E-state index in [0.717, 1.165) is 52.2 Å². The number of hydrogen-bond acceptors (Lipinski definition) is 4. The molecule has 0 spiro atoms. The Hall–Kier alpha value is -0.0700. The van der Waals surface area contributed by atoms with Gasteiger partial charge >= 0.3 is 0 Å². The first-order valence-corrected chi connectivity index (χ1v) is 7.41. The third-order valence-corrected chi connectivity index (χ3v) is 4.23. The minimum absolute atomic E-state index is 0. The summed E-state index contributed by atoms with van der Waals surface area (Å²) < 4.78 is 5.38. The first-order chi connectivity index (χ1) is 9.09. The SMILES string of the molecule is CC(C)(CNC(=O)C1CCCNC1)N1CCOCC1.Cl.Cl. The second-order valence-electron chi connectivity index (χ2n) is 6.17. The highest BCUT2D eigenvalue weighted by Crippen LogP contribution is 2.16. The largest absolute Gasteiger partial charge is 0.379 e. The maximum Gasteiger partial charge on any atom is 0.224 e. The zero-order valence-corrected chi connectivity index (χ0v) is 14.7. The van der Waals surface area contributed by atoms with Crippen LogP contribution in [0, 0.1) is 5.92 Å². The van der Waals surface area contributed by atoms with Crippen LogP contribution in [-0.2, 0) is 9.53 Å². The van der Waals surface area contributed by atoms with E-state index in [1.165, 1.54) is 0 Å². The lowest BCUT2D eigenvalue weighted by Gasteiger charge is -2.41. The summed E-state index contributed by atoms with van der Waals surface area (Å²) in [4.78, 5) is 14.5. The van der Waals surface area contributed by atoms with Crippen molar-refractivity contribution in [3.05, 3.63) is 0 Å². The second-order valence-corrected chi connectivity index (χ2v) is 6.17. The molecule has 1 unspecified atom stereocenters. The van der Waals surface area contributed by atoms with E-state index in [2.05, 4.69) is 29.4 Å². The Morgan fingerprint density at radius 1 is 1.33 bits per heavy atom. The molecule has 0 aromatic carbocycles. The lowest BCUT2D eigenvalue weighted by molar-refractivity contribution is -0.126. The quantitative estimate of drug-likeness (QED) is 0.802. The third kappa shape index (κ3) is 6.28. The molecule has 2 saturated heterocycles. The molecule has 2 N–H and O–H groups in total. The minimum Gasteiger partial charge on any atom is -0.379 e. The molecule has 0 radical (unpaired) electrons. The van der Waals surface area contributed by atoms with E-state index in [4.69, 9.17) is 4.74 Å². The van der Waals surface area contributed by atoms with E-state index >= 15 is 0 Å². The van der Waals surface area contributed by atoms with Gasteiger partial charge in [-0.05, 0) is 33.2 Å². The van der Waals surface area contributed by atoms with Crippen molar-refractivity contribution in [3.8, 4) is 0 Å². The predicted octanol–water partition coefficient (Wildman–Crippen LogP) is 1.06. The molecule has 1 amide bonds.